The molecule has 0 amide bonds. The maximum Gasteiger partial charge on any atom is 0.345 e. The Morgan fingerprint density at radius 1 is 1.50 bits per heavy atom. The molecule has 0 fully saturated rings. The van der Waals surface area contributed by atoms with Crippen LogP contribution in [0.4, 0.5) is 0 Å². The third-order valence-corrected chi connectivity index (χ3v) is 2.02. The van der Waals surface area contributed by atoms with Crippen molar-refractivity contribution < 1.29 is 9.90 Å². The number of rotatable bonds is 2. The highest BCUT2D eigenvalue weighted by Crippen LogP contribution is 2.73. The van der Waals surface area contributed by atoms with Crippen molar-refractivity contribution in [3.63, 3.8) is 0 Å². The van der Waals surface area contributed by atoms with Gasteiger partial charge in [0.1, 0.15) is 33.7 Å². The molecule has 0 rings (SSSR count). The van der Waals surface area contributed by atoms with Gasteiger partial charge in [-0.25, -0.2) is 4.79 Å². The summed E-state index contributed by atoms with van der Waals surface area (Å²) >= 11 is 15.6. The lowest BCUT2D eigenvalue weighted by Crippen LogP contribution is -1.98. The summed E-state index contributed by atoms with van der Waals surface area (Å²) < 4.78 is 0. The number of halogens is 3. The number of hydrogen-bond donors (Lipinski definition) is 1. The average Bonchev–Trinajstić information content (AvgIpc) is 1.21. The molecule has 0 aliphatic carbocycles. The molecule has 0 aliphatic rings. The van der Waals surface area contributed by atoms with E-state index in [1.54, 1.807) is 0 Å². The first-order chi connectivity index (χ1) is 3.42. The van der Waals surface area contributed by atoms with Gasteiger partial charge in [0.15, 0.2) is 0 Å². The van der Waals surface area contributed by atoms with Gasteiger partial charge in [0.05, 0.1) is 0 Å². The maximum atomic E-state index is 9.79. The van der Waals surface area contributed by atoms with E-state index in [2.05, 4.69) is 0 Å². The van der Waals surface area contributed by atoms with Gasteiger partial charge in [-0.1, -0.05) is 0 Å². The third-order valence-electron chi connectivity index (χ3n) is 0.315. The Balaban J connectivity index is 3.55. The number of carbonyl (C=O) groups is 1. The Morgan fingerprint density at radius 3 is 1.88 bits per heavy atom. The van der Waals surface area contributed by atoms with Crippen LogP contribution >= 0.6 is 39.0 Å². The van der Waals surface area contributed by atoms with Crippen molar-refractivity contribution in [2.45, 2.75) is 0 Å². The van der Waals surface area contributed by atoms with Gasteiger partial charge in [-0.15, -0.1) is 0 Å². The van der Waals surface area contributed by atoms with Gasteiger partial charge in [-0.3, -0.25) is 0 Å². The molecule has 6 heteroatoms. The monoisotopic (exact) mass is 195 g/mol. The fourth-order valence-electron chi connectivity index (χ4n) is 0.153. The third kappa shape index (κ3) is 6.77. The first-order valence-corrected chi connectivity index (χ1v) is 6.29. The molecule has 48 valence electrons. The minimum absolute atomic E-state index is 0.350. The van der Waals surface area contributed by atoms with E-state index in [0.717, 1.165) is 0 Å². The van der Waals surface area contributed by atoms with Crippen LogP contribution in [0.2, 0.25) is 0 Å². The van der Waals surface area contributed by atoms with E-state index >= 15 is 0 Å². The molecule has 0 spiro atoms. The summed E-state index contributed by atoms with van der Waals surface area (Å²) in [5.74, 6) is -1.07. The van der Waals surface area contributed by atoms with Gasteiger partial charge in [0.2, 0.25) is 6.16 Å². The van der Waals surface area contributed by atoms with Crippen LogP contribution in [0.5, 0.6) is 0 Å². The van der Waals surface area contributed by atoms with Crippen molar-refractivity contribution in [2.75, 3.05) is 6.16 Å². The topological polar surface area (TPSA) is 37.3 Å². The lowest BCUT2D eigenvalue weighted by atomic mass is 10.8. The second-order valence-corrected chi connectivity index (χ2v) is 9.27. The predicted molar refractivity (Wildman–Crippen MR) is 37.0 cm³/mol. The van der Waals surface area contributed by atoms with Crippen molar-refractivity contribution in [1.82, 2.24) is 0 Å². The number of hydrogen-bond acceptors (Lipinski definition) is 1. The highest BCUT2D eigenvalue weighted by atomic mass is 36.1. The second-order valence-electron chi connectivity index (χ2n) is 1.10. The van der Waals surface area contributed by atoms with Gasteiger partial charge in [-0.2, -0.15) is 0 Å². The summed E-state index contributed by atoms with van der Waals surface area (Å²) in [7, 11) is 0. The zero-order valence-electron chi connectivity index (χ0n) is 3.64. The number of aliphatic carboxylic acids is 1. The highest BCUT2D eigenvalue weighted by Gasteiger charge is 2.35. The summed E-state index contributed by atoms with van der Waals surface area (Å²) in [5.41, 5.74) is 0. The van der Waals surface area contributed by atoms with E-state index in [4.69, 9.17) is 38.8 Å². The molecule has 1 N–H and O–H groups in total. The molecule has 0 heterocycles. The number of carboxylic acid groups (broad SMARTS) is 1. The normalized spacial score (nSPS) is 11.4. The van der Waals surface area contributed by atoms with E-state index in [0.29, 0.717) is 0 Å². The first kappa shape index (κ1) is 8.77. The van der Waals surface area contributed by atoms with Crippen LogP contribution in [0.3, 0.4) is 0 Å². The Hall–Kier alpha value is 0.770. The summed E-state index contributed by atoms with van der Waals surface area (Å²) in [6.07, 6.45) is -0.350. The average molecular weight is 196 g/mol. The number of carboxylic acids is 1. The molecule has 0 aromatic rings. The van der Waals surface area contributed by atoms with Gasteiger partial charge in [0.25, 0.3) is 0 Å². The Kier molecular flexibility index (Phi) is 3.37. The van der Waals surface area contributed by atoms with Gasteiger partial charge in [-0.05, 0) is 0 Å². The predicted octanol–water partition coefficient (Wildman–Crippen LogP) is 2.55. The van der Waals surface area contributed by atoms with Gasteiger partial charge < -0.3 is 5.11 Å². The van der Waals surface area contributed by atoms with Gasteiger partial charge in [0, 0.05) is 0 Å². The molecule has 0 aliphatic heterocycles. The highest BCUT2D eigenvalue weighted by molar-refractivity contribution is 8.33. The zero-order valence-corrected chi connectivity index (χ0v) is 6.81. The van der Waals surface area contributed by atoms with Crippen LogP contribution in [0.15, 0.2) is 0 Å². The molecule has 0 aromatic heterocycles. The summed E-state index contributed by atoms with van der Waals surface area (Å²) in [6.45, 7) is 0. The molecule has 0 saturated carbocycles. The summed E-state index contributed by atoms with van der Waals surface area (Å²) in [4.78, 5) is 9.79. The molecule has 2 nitrogen and oxygen atoms in total. The van der Waals surface area contributed by atoms with E-state index in [1.807, 2.05) is 0 Å². The van der Waals surface area contributed by atoms with E-state index in [1.165, 1.54) is 0 Å². The SMILES string of the molecule is O=C(O)C[P+](Cl)(Cl)Cl. The van der Waals surface area contributed by atoms with Gasteiger partial charge >= 0.3 is 11.3 Å². The minimum atomic E-state index is -2.65. The van der Waals surface area contributed by atoms with Crippen LogP contribution in [0.25, 0.3) is 0 Å². The van der Waals surface area contributed by atoms with Crippen LogP contribution in [0, 0.1) is 0 Å². The zero-order chi connectivity index (χ0) is 6.78. The van der Waals surface area contributed by atoms with Crippen LogP contribution in [-0.4, -0.2) is 17.2 Å². The lowest BCUT2D eigenvalue weighted by molar-refractivity contribution is -0.133. The Bertz CT molecular complexity index is 97.9. The van der Waals surface area contributed by atoms with E-state index < -0.39 is 11.3 Å². The molecule has 0 atom stereocenters. The molecule has 0 aromatic carbocycles. The Morgan fingerprint density at radius 2 is 1.88 bits per heavy atom. The fraction of sp³-hybridized carbons (Fsp3) is 0.500. The quantitative estimate of drug-likeness (QED) is 0.689. The minimum Gasteiger partial charge on any atom is -0.478 e. The van der Waals surface area contributed by atoms with Crippen molar-refractivity contribution in [1.29, 1.82) is 0 Å². The van der Waals surface area contributed by atoms with Crippen LogP contribution in [-0.2, 0) is 4.79 Å². The molecule has 0 radical (unpaired) electrons. The smallest absolute Gasteiger partial charge is 0.345 e. The standard InChI is InChI=1S/C2H2Cl3O2P/c3-8(4,5)1-2(6)7/h1H2/p+1. The molecular weight excluding hydrogens is 193 g/mol. The largest absolute Gasteiger partial charge is 0.478 e. The molecule has 0 saturated heterocycles. The summed E-state index contributed by atoms with van der Waals surface area (Å²) in [6, 6.07) is 0. The molecule has 8 heavy (non-hydrogen) atoms. The molecule has 0 bridgehead atoms. The molecule has 0 unspecified atom stereocenters. The fourth-order valence-corrected chi connectivity index (χ4v) is 1.38. The van der Waals surface area contributed by atoms with Crippen molar-refractivity contribution in [3.8, 4) is 0 Å². The van der Waals surface area contributed by atoms with Crippen molar-refractivity contribution >= 4 is 45.0 Å². The van der Waals surface area contributed by atoms with E-state index in [9.17, 15) is 4.79 Å². The summed E-state index contributed by atoms with van der Waals surface area (Å²) in [5, 5.41) is 5.37. The van der Waals surface area contributed by atoms with E-state index in [-0.39, 0.29) is 6.16 Å². The van der Waals surface area contributed by atoms with Crippen molar-refractivity contribution in [3.05, 3.63) is 0 Å². The second kappa shape index (κ2) is 3.07. The first-order valence-electron chi connectivity index (χ1n) is 1.60. The maximum absolute atomic E-state index is 9.79. The van der Waals surface area contributed by atoms with Crippen LogP contribution < -0.4 is 0 Å². The Labute approximate surface area is 61.4 Å². The lowest BCUT2D eigenvalue weighted by Gasteiger charge is -1.91. The molecular formula is C2H3Cl3O2P+. The van der Waals surface area contributed by atoms with Crippen LogP contribution in [0.1, 0.15) is 0 Å². The van der Waals surface area contributed by atoms with Crippen molar-refractivity contribution in [2.24, 2.45) is 0 Å².